The van der Waals surface area contributed by atoms with Crippen LogP contribution in [0.5, 0.6) is 0 Å². The van der Waals surface area contributed by atoms with E-state index < -0.39 is 23.5 Å². The van der Waals surface area contributed by atoms with Crippen LogP contribution in [0.15, 0.2) is 91.0 Å². The van der Waals surface area contributed by atoms with Crippen molar-refractivity contribution in [1.29, 1.82) is 0 Å². The van der Waals surface area contributed by atoms with Gasteiger partial charge in [-0.1, -0.05) is 78.9 Å². The second kappa shape index (κ2) is 8.50. The molecule has 3 rings (SSSR count). The molecule has 0 radical (unpaired) electrons. The Labute approximate surface area is 163 Å². The third-order valence-corrected chi connectivity index (χ3v) is 4.61. The first-order chi connectivity index (χ1) is 13.5. The third kappa shape index (κ3) is 4.27. The summed E-state index contributed by atoms with van der Waals surface area (Å²) in [4.78, 5) is 24.9. The Bertz CT molecular complexity index is 929. The minimum absolute atomic E-state index is 0.155. The van der Waals surface area contributed by atoms with Crippen molar-refractivity contribution < 1.29 is 19.8 Å². The van der Waals surface area contributed by atoms with Gasteiger partial charge in [-0.15, -0.1) is 0 Å². The van der Waals surface area contributed by atoms with Crippen LogP contribution in [0.25, 0.3) is 0 Å². The molecule has 0 bridgehead atoms. The van der Waals surface area contributed by atoms with Gasteiger partial charge < -0.3 is 15.5 Å². The van der Waals surface area contributed by atoms with Gasteiger partial charge in [-0.25, -0.2) is 4.79 Å². The summed E-state index contributed by atoms with van der Waals surface area (Å²) in [7, 11) is 0. The second-order valence-electron chi connectivity index (χ2n) is 6.57. The Morgan fingerprint density at radius 2 is 1.32 bits per heavy atom. The Morgan fingerprint density at radius 1 is 0.821 bits per heavy atom. The normalized spacial score (nSPS) is 13.9. The second-order valence-corrected chi connectivity index (χ2v) is 6.57. The van der Waals surface area contributed by atoms with Gasteiger partial charge in [-0.2, -0.15) is 0 Å². The highest BCUT2D eigenvalue weighted by molar-refractivity contribution is 5.95. The Kier molecular flexibility index (Phi) is 5.87. The SMILES string of the molecule is O=C(NC(c1ccccc1)C(O)(Cc1ccccc1)C(=O)O)c1ccccc1. The van der Waals surface area contributed by atoms with Crippen LogP contribution in [0.2, 0.25) is 0 Å². The number of hydrogen-bond donors (Lipinski definition) is 3. The molecule has 5 nitrogen and oxygen atoms in total. The van der Waals surface area contributed by atoms with Gasteiger partial charge >= 0.3 is 5.97 Å². The first-order valence-electron chi connectivity index (χ1n) is 8.91. The molecule has 2 atom stereocenters. The van der Waals surface area contributed by atoms with Gasteiger partial charge in [0.25, 0.3) is 5.91 Å². The van der Waals surface area contributed by atoms with Crippen molar-refractivity contribution in [2.45, 2.75) is 18.1 Å². The molecule has 142 valence electrons. The minimum atomic E-state index is -2.23. The summed E-state index contributed by atoms with van der Waals surface area (Å²) in [6.45, 7) is 0. The van der Waals surface area contributed by atoms with Crippen LogP contribution in [-0.4, -0.2) is 27.7 Å². The smallest absolute Gasteiger partial charge is 0.338 e. The maximum absolute atomic E-state index is 12.7. The first-order valence-corrected chi connectivity index (χ1v) is 8.91. The third-order valence-electron chi connectivity index (χ3n) is 4.61. The van der Waals surface area contributed by atoms with Crippen molar-refractivity contribution in [2.24, 2.45) is 0 Å². The lowest BCUT2D eigenvalue weighted by Crippen LogP contribution is -2.53. The van der Waals surface area contributed by atoms with E-state index in [9.17, 15) is 19.8 Å². The largest absolute Gasteiger partial charge is 0.479 e. The summed E-state index contributed by atoms with van der Waals surface area (Å²) < 4.78 is 0. The van der Waals surface area contributed by atoms with Crippen LogP contribution in [0, 0.1) is 0 Å². The van der Waals surface area contributed by atoms with Crippen LogP contribution < -0.4 is 5.32 Å². The Hall–Kier alpha value is -3.44. The monoisotopic (exact) mass is 375 g/mol. The van der Waals surface area contributed by atoms with Gasteiger partial charge in [-0.3, -0.25) is 4.79 Å². The van der Waals surface area contributed by atoms with Crippen LogP contribution in [0.4, 0.5) is 0 Å². The lowest BCUT2D eigenvalue weighted by atomic mass is 9.83. The predicted octanol–water partition coefficient (Wildman–Crippen LogP) is 3.22. The summed E-state index contributed by atoms with van der Waals surface area (Å²) >= 11 is 0. The van der Waals surface area contributed by atoms with E-state index in [0.29, 0.717) is 16.7 Å². The van der Waals surface area contributed by atoms with Gasteiger partial charge in [0.15, 0.2) is 5.60 Å². The van der Waals surface area contributed by atoms with E-state index in [2.05, 4.69) is 5.32 Å². The average molecular weight is 375 g/mol. The van der Waals surface area contributed by atoms with Gasteiger partial charge in [-0.05, 0) is 23.3 Å². The molecule has 3 aromatic carbocycles. The average Bonchev–Trinajstić information content (AvgIpc) is 2.73. The van der Waals surface area contributed by atoms with Gasteiger partial charge in [0, 0.05) is 12.0 Å². The fourth-order valence-corrected chi connectivity index (χ4v) is 3.14. The summed E-state index contributed by atoms with van der Waals surface area (Å²) in [5.74, 6) is -1.86. The summed E-state index contributed by atoms with van der Waals surface area (Å²) in [6.07, 6.45) is -0.155. The molecule has 0 spiro atoms. The Balaban J connectivity index is 2.00. The van der Waals surface area contributed by atoms with Crippen LogP contribution in [0.1, 0.15) is 27.5 Å². The lowest BCUT2D eigenvalue weighted by Gasteiger charge is -2.33. The fraction of sp³-hybridized carbons (Fsp3) is 0.130. The zero-order chi connectivity index (χ0) is 20.0. The van der Waals surface area contributed by atoms with Crippen molar-refractivity contribution in [3.63, 3.8) is 0 Å². The highest BCUT2D eigenvalue weighted by Crippen LogP contribution is 2.30. The molecule has 0 aliphatic carbocycles. The molecular formula is C23H21NO4. The van der Waals surface area contributed by atoms with Gasteiger partial charge in [0.1, 0.15) is 0 Å². The fourth-order valence-electron chi connectivity index (χ4n) is 3.14. The maximum Gasteiger partial charge on any atom is 0.338 e. The summed E-state index contributed by atoms with van der Waals surface area (Å²) in [5, 5.41) is 23.9. The maximum atomic E-state index is 12.7. The molecule has 3 aromatic rings. The van der Waals surface area contributed by atoms with E-state index in [1.165, 1.54) is 0 Å². The lowest BCUT2D eigenvalue weighted by molar-refractivity contribution is -0.161. The molecule has 28 heavy (non-hydrogen) atoms. The number of carbonyl (C=O) groups excluding carboxylic acids is 1. The zero-order valence-electron chi connectivity index (χ0n) is 15.2. The number of amides is 1. The molecular weight excluding hydrogens is 354 g/mol. The van der Waals surface area contributed by atoms with E-state index in [4.69, 9.17) is 0 Å². The van der Waals surface area contributed by atoms with E-state index in [0.717, 1.165) is 0 Å². The molecule has 0 fully saturated rings. The number of rotatable bonds is 7. The first kappa shape index (κ1) is 19.3. The molecule has 0 aliphatic heterocycles. The van der Waals surface area contributed by atoms with Gasteiger partial charge in [0.05, 0.1) is 6.04 Å². The number of hydrogen-bond acceptors (Lipinski definition) is 3. The van der Waals surface area contributed by atoms with Crippen molar-refractivity contribution in [3.8, 4) is 0 Å². The van der Waals surface area contributed by atoms with E-state index >= 15 is 0 Å². The van der Waals surface area contributed by atoms with Crippen LogP contribution >= 0.6 is 0 Å². The van der Waals surface area contributed by atoms with Crippen molar-refractivity contribution in [3.05, 3.63) is 108 Å². The highest BCUT2D eigenvalue weighted by atomic mass is 16.4. The van der Waals surface area contributed by atoms with Crippen LogP contribution in [0.3, 0.4) is 0 Å². The summed E-state index contributed by atoms with van der Waals surface area (Å²) in [6, 6.07) is 24.9. The number of nitrogens with one attached hydrogen (secondary N) is 1. The highest BCUT2D eigenvalue weighted by Gasteiger charge is 2.46. The molecule has 3 N–H and O–H groups in total. The summed E-state index contributed by atoms with van der Waals surface area (Å²) in [5.41, 5.74) is -0.682. The number of aliphatic carboxylic acids is 1. The topological polar surface area (TPSA) is 86.6 Å². The van der Waals surface area contributed by atoms with E-state index in [1.54, 1.807) is 84.9 Å². The molecule has 0 aromatic heterocycles. The molecule has 5 heteroatoms. The molecule has 0 heterocycles. The number of carbonyl (C=O) groups is 2. The van der Waals surface area contributed by atoms with E-state index in [1.807, 2.05) is 6.07 Å². The molecule has 1 amide bonds. The van der Waals surface area contributed by atoms with Crippen molar-refractivity contribution in [1.82, 2.24) is 5.32 Å². The molecule has 0 saturated carbocycles. The van der Waals surface area contributed by atoms with Crippen molar-refractivity contribution >= 4 is 11.9 Å². The van der Waals surface area contributed by atoms with Crippen molar-refractivity contribution in [2.75, 3.05) is 0 Å². The number of benzene rings is 3. The molecule has 0 saturated heterocycles. The molecule has 2 unspecified atom stereocenters. The number of carboxylic acids is 1. The quantitative estimate of drug-likeness (QED) is 0.592. The standard InChI is InChI=1S/C23H21NO4/c25-21(19-14-8-3-9-15-19)24-20(18-12-6-2-7-13-18)23(28,22(26)27)16-17-10-4-1-5-11-17/h1-15,20,28H,16H2,(H,24,25)(H,26,27). The number of aliphatic hydroxyl groups is 1. The van der Waals surface area contributed by atoms with Gasteiger partial charge in [0.2, 0.25) is 0 Å². The minimum Gasteiger partial charge on any atom is -0.479 e. The number of carboxylic acid groups (broad SMARTS) is 1. The van der Waals surface area contributed by atoms with Crippen LogP contribution in [-0.2, 0) is 11.2 Å². The molecule has 0 aliphatic rings. The Morgan fingerprint density at radius 3 is 1.86 bits per heavy atom. The predicted molar refractivity (Wildman–Crippen MR) is 106 cm³/mol. The van der Waals surface area contributed by atoms with E-state index in [-0.39, 0.29) is 6.42 Å². The zero-order valence-corrected chi connectivity index (χ0v) is 15.2.